The number of nitrogens with one attached hydrogen (secondary N) is 1. The summed E-state index contributed by atoms with van der Waals surface area (Å²) in [5.74, 6) is 0.626. The Bertz CT molecular complexity index is 1090. The molecule has 0 saturated heterocycles. The van der Waals surface area contributed by atoms with Gasteiger partial charge in [0.15, 0.2) is 11.3 Å². The van der Waals surface area contributed by atoms with Crippen molar-refractivity contribution in [3.8, 4) is 17.0 Å². The molecular formula is C17H14N6O2. The van der Waals surface area contributed by atoms with Gasteiger partial charge in [0.25, 0.3) is 0 Å². The zero-order valence-corrected chi connectivity index (χ0v) is 13.4. The normalized spacial score (nSPS) is 10.9. The molecule has 0 radical (unpaired) electrons. The molecule has 0 aliphatic heterocycles. The van der Waals surface area contributed by atoms with Crippen LogP contribution < -0.4 is 10.4 Å². The van der Waals surface area contributed by atoms with E-state index in [0.29, 0.717) is 29.3 Å². The summed E-state index contributed by atoms with van der Waals surface area (Å²) in [5.41, 5.74) is 2.75. The Morgan fingerprint density at radius 3 is 2.92 bits per heavy atom. The fraction of sp³-hybridized carbons (Fsp3) is 0.118. The van der Waals surface area contributed by atoms with E-state index in [1.54, 1.807) is 31.9 Å². The molecule has 4 heterocycles. The highest BCUT2D eigenvalue weighted by molar-refractivity contribution is 5.70. The number of aromatic amines is 1. The lowest BCUT2D eigenvalue weighted by Crippen LogP contribution is -2.18. The van der Waals surface area contributed by atoms with E-state index in [9.17, 15) is 4.79 Å². The zero-order chi connectivity index (χ0) is 17.2. The topological polar surface area (TPSA) is 98.6 Å². The minimum absolute atomic E-state index is 0.276. The summed E-state index contributed by atoms with van der Waals surface area (Å²) in [6, 6.07) is 7.37. The van der Waals surface area contributed by atoms with Crippen LogP contribution in [0, 0.1) is 0 Å². The first-order valence-corrected chi connectivity index (χ1v) is 7.59. The van der Waals surface area contributed by atoms with E-state index in [2.05, 4.69) is 24.9 Å². The highest BCUT2D eigenvalue weighted by atomic mass is 16.5. The van der Waals surface area contributed by atoms with Crippen LogP contribution in [0.4, 0.5) is 0 Å². The number of methoxy groups -OCH3 is 1. The molecule has 0 amide bonds. The van der Waals surface area contributed by atoms with Gasteiger partial charge in [0.05, 0.1) is 37.4 Å². The van der Waals surface area contributed by atoms with E-state index in [1.807, 2.05) is 24.3 Å². The molecule has 25 heavy (non-hydrogen) atoms. The number of aromatic nitrogens is 6. The number of hydrogen-bond acceptors (Lipinski definition) is 6. The predicted octanol–water partition coefficient (Wildman–Crippen LogP) is 1.63. The van der Waals surface area contributed by atoms with Gasteiger partial charge in [0.1, 0.15) is 5.75 Å². The molecule has 0 spiro atoms. The molecule has 8 nitrogen and oxygen atoms in total. The van der Waals surface area contributed by atoms with E-state index in [1.165, 1.54) is 4.57 Å². The third-order valence-corrected chi connectivity index (χ3v) is 3.77. The molecule has 0 aliphatic rings. The van der Waals surface area contributed by atoms with E-state index in [4.69, 9.17) is 4.74 Å². The maximum atomic E-state index is 12.3. The van der Waals surface area contributed by atoms with Crippen LogP contribution in [0.15, 0.2) is 53.8 Å². The van der Waals surface area contributed by atoms with Crippen LogP contribution in [0.25, 0.3) is 22.6 Å². The molecule has 4 aromatic rings. The van der Waals surface area contributed by atoms with Crippen molar-refractivity contribution in [2.75, 3.05) is 7.11 Å². The highest BCUT2D eigenvalue weighted by Gasteiger charge is 2.12. The highest BCUT2D eigenvalue weighted by Crippen LogP contribution is 2.21. The Morgan fingerprint density at radius 1 is 1.20 bits per heavy atom. The molecule has 8 heteroatoms. The summed E-state index contributed by atoms with van der Waals surface area (Å²) < 4.78 is 6.69. The van der Waals surface area contributed by atoms with Crippen molar-refractivity contribution >= 4 is 11.3 Å². The van der Waals surface area contributed by atoms with Crippen LogP contribution in [-0.4, -0.2) is 36.6 Å². The number of pyridine rings is 2. The molecule has 0 bridgehead atoms. The largest absolute Gasteiger partial charge is 0.495 e. The molecule has 4 aromatic heterocycles. The molecule has 0 saturated carbocycles. The molecule has 0 unspecified atom stereocenters. The first-order valence-electron chi connectivity index (χ1n) is 7.59. The van der Waals surface area contributed by atoms with Crippen molar-refractivity contribution < 1.29 is 4.74 Å². The van der Waals surface area contributed by atoms with Crippen molar-refractivity contribution in [2.24, 2.45) is 0 Å². The van der Waals surface area contributed by atoms with Crippen molar-refractivity contribution in [3.05, 3.63) is 65.2 Å². The van der Waals surface area contributed by atoms with Crippen molar-refractivity contribution in [3.63, 3.8) is 0 Å². The van der Waals surface area contributed by atoms with E-state index in [0.717, 1.165) is 11.3 Å². The minimum atomic E-state index is -0.276. The third kappa shape index (κ3) is 2.85. The molecule has 4 rings (SSSR count). The molecular weight excluding hydrogens is 320 g/mol. The fourth-order valence-corrected chi connectivity index (χ4v) is 2.54. The van der Waals surface area contributed by atoms with Gasteiger partial charge in [-0.2, -0.15) is 0 Å². The minimum Gasteiger partial charge on any atom is -0.495 e. The van der Waals surface area contributed by atoms with Crippen molar-refractivity contribution in [2.45, 2.75) is 6.54 Å². The summed E-state index contributed by atoms with van der Waals surface area (Å²) in [7, 11) is 1.57. The third-order valence-electron chi connectivity index (χ3n) is 3.77. The van der Waals surface area contributed by atoms with Gasteiger partial charge in [0.2, 0.25) is 0 Å². The van der Waals surface area contributed by atoms with Crippen LogP contribution in [0.2, 0.25) is 0 Å². The number of nitrogens with zero attached hydrogens (tertiary/aromatic N) is 5. The van der Waals surface area contributed by atoms with Gasteiger partial charge in [-0.15, -0.1) is 0 Å². The smallest absolute Gasteiger partial charge is 0.329 e. The summed E-state index contributed by atoms with van der Waals surface area (Å²) in [6.07, 6.45) is 6.58. The van der Waals surface area contributed by atoms with Gasteiger partial charge in [-0.25, -0.2) is 14.8 Å². The number of fused-ring (bicyclic) bond motifs is 1. The van der Waals surface area contributed by atoms with E-state index >= 15 is 0 Å². The summed E-state index contributed by atoms with van der Waals surface area (Å²) >= 11 is 0. The second-order valence-corrected chi connectivity index (χ2v) is 5.38. The second kappa shape index (κ2) is 6.16. The van der Waals surface area contributed by atoms with Crippen LogP contribution in [0.5, 0.6) is 5.75 Å². The number of imidazole rings is 1. The predicted molar refractivity (Wildman–Crippen MR) is 91.3 cm³/mol. The van der Waals surface area contributed by atoms with Gasteiger partial charge in [-0.3, -0.25) is 19.5 Å². The average Bonchev–Trinajstić information content (AvgIpc) is 2.97. The van der Waals surface area contributed by atoms with E-state index in [-0.39, 0.29) is 5.69 Å². The molecule has 0 atom stereocenters. The monoisotopic (exact) mass is 334 g/mol. The fourth-order valence-electron chi connectivity index (χ4n) is 2.54. The molecule has 0 aromatic carbocycles. The van der Waals surface area contributed by atoms with Gasteiger partial charge in [-0.1, -0.05) is 6.07 Å². The number of hydrogen-bond donors (Lipinski definition) is 1. The van der Waals surface area contributed by atoms with Gasteiger partial charge in [0, 0.05) is 18.0 Å². The Kier molecular flexibility index (Phi) is 3.70. The second-order valence-electron chi connectivity index (χ2n) is 5.38. The van der Waals surface area contributed by atoms with Gasteiger partial charge in [-0.05, 0) is 18.2 Å². The molecule has 0 aliphatic carbocycles. The zero-order valence-electron chi connectivity index (χ0n) is 13.4. The lowest BCUT2D eigenvalue weighted by atomic mass is 10.2. The summed E-state index contributed by atoms with van der Waals surface area (Å²) in [6.45, 7) is 0.328. The summed E-state index contributed by atoms with van der Waals surface area (Å²) in [4.78, 5) is 32.2. The first-order chi connectivity index (χ1) is 12.2. The Hall–Kier alpha value is -3.55. The van der Waals surface area contributed by atoms with Crippen molar-refractivity contribution in [1.29, 1.82) is 0 Å². The molecule has 124 valence electrons. The maximum Gasteiger partial charge on any atom is 0.329 e. The van der Waals surface area contributed by atoms with Gasteiger partial charge >= 0.3 is 5.69 Å². The van der Waals surface area contributed by atoms with Crippen LogP contribution in [0.1, 0.15) is 5.69 Å². The lowest BCUT2D eigenvalue weighted by Gasteiger charge is -2.04. The quantitative estimate of drug-likeness (QED) is 0.609. The lowest BCUT2D eigenvalue weighted by molar-refractivity contribution is 0.413. The molecule has 1 N–H and O–H groups in total. The van der Waals surface area contributed by atoms with Crippen LogP contribution in [-0.2, 0) is 6.54 Å². The SMILES string of the molecule is COc1cncc(-c2cnc3c(n2)[nH]c(=O)n3Cc2ccccn2)c1. The summed E-state index contributed by atoms with van der Waals surface area (Å²) in [5, 5.41) is 0. The number of ether oxygens (including phenoxy) is 1. The maximum absolute atomic E-state index is 12.3. The number of rotatable bonds is 4. The standard InChI is InChI=1S/C17H14N6O2/c1-25-13-6-11(7-18-8-13)14-9-20-16-15(21-14)22-17(24)23(16)10-12-4-2-3-5-19-12/h2-9H,10H2,1H3,(H,21,22,24). The Morgan fingerprint density at radius 2 is 2.12 bits per heavy atom. The van der Waals surface area contributed by atoms with Crippen LogP contribution >= 0.6 is 0 Å². The molecule has 0 fully saturated rings. The Balaban J connectivity index is 1.76. The van der Waals surface area contributed by atoms with Gasteiger partial charge < -0.3 is 4.74 Å². The average molecular weight is 334 g/mol. The number of H-pyrrole nitrogens is 1. The Labute approximate surface area is 142 Å². The first kappa shape index (κ1) is 15.0. The van der Waals surface area contributed by atoms with Crippen LogP contribution in [0.3, 0.4) is 0 Å². The van der Waals surface area contributed by atoms with Crippen molar-refractivity contribution in [1.82, 2.24) is 29.5 Å². The van der Waals surface area contributed by atoms with E-state index < -0.39 is 0 Å².